The molecule has 4 heteroatoms. The zero-order chi connectivity index (χ0) is 22.3. The van der Waals surface area contributed by atoms with Crippen LogP contribution < -0.4 is 4.74 Å². The van der Waals surface area contributed by atoms with Crippen molar-refractivity contribution in [2.45, 2.75) is 20.0 Å². The summed E-state index contributed by atoms with van der Waals surface area (Å²) < 4.78 is 11.2. The van der Waals surface area contributed by atoms with Crippen LogP contribution in [0.2, 0.25) is 0 Å². The van der Waals surface area contributed by atoms with Crippen molar-refractivity contribution in [3.05, 3.63) is 119 Å². The minimum atomic E-state index is -0.350. The van der Waals surface area contributed by atoms with Crippen LogP contribution in [-0.2, 0) is 17.8 Å². The normalized spacial score (nSPS) is 10.6. The van der Waals surface area contributed by atoms with Gasteiger partial charge in [-0.15, -0.1) is 0 Å². The van der Waals surface area contributed by atoms with Crippen LogP contribution >= 0.6 is 0 Å². The number of methoxy groups -OCH3 is 1. The van der Waals surface area contributed by atoms with Crippen molar-refractivity contribution < 1.29 is 14.3 Å². The number of aromatic nitrogens is 1. The Morgan fingerprint density at radius 3 is 2.38 bits per heavy atom. The Kier molecular flexibility index (Phi) is 6.61. The summed E-state index contributed by atoms with van der Waals surface area (Å²) in [6, 6.07) is 26.0. The molecule has 0 aliphatic carbocycles. The number of rotatable bonds is 7. The van der Waals surface area contributed by atoms with Crippen molar-refractivity contribution in [3.63, 3.8) is 0 Å². The van der Waals surface area contributed by atoms with Gasteiger partial charge in [0.05, 0.1) is 18.9 Å². The topological polar surface area (TPSA) is 48.4 Å². The third kappa shape index (κ3) is 4.86. The number of hydrogen-bond donors (Lipinski definition) is 0. The van der Waals surface area contributed by atoms with Gasteiger partial charge in [-0.2, -0.15) is 0 Å². The van der Waals surface area contributed by atoms with Crippen molar-refractivity contribution in [2.75, 3.05) is 7.11 Å². The minimum Gasteiger partial charge on any atom is -0.487 e. The van der Waals surface area contributed by atoms with Crippen molar-refractivity contribution >= 4 is 5.97 Å². The van der Waals surface area contributed by atoms with Crippen LogP contribution in [-0.4, -0.2) is 18.1 Å². The number of esters is 1. The zero-order valence-electron chi connectivity index (χ0n) is 18.2. The molecule has 4 aromatic rings. The molecule has 0 aliphatic heterocycles. The van der Waals surface area contributed by atoms with E-state index in [2.05, 4.69) is 23.2 Å². The molecule has 0 spiro atoms. The molecule has 0 atom stereocenters. The summed E-state index contributed by atoms with van der Waals surface area (Å²) in [5.74, 6) is 0.352. The summed E-state index contributed by atoms with van der Waals surface area (Å²) in [5.41, 5.74) is 6.69. The monoisotopic (exact) mass is 423 g/mol. The molecule has 1 heterocycles. The lowest BCUT2D eigenvalue weighted by Gasteiger charge is -2.18. The highest BCUT2D eigenvalue weighted by Crippen LogP contribution is 2.32. The van der Waals surface area contributed by atoms with E-state index >= 15 is 0 Å². The fourth-order valence-corrected chi connectivity index (χ4v) is 3.77. The SMILES string of the molecule is COC(=O)c1cc(Cc2ccccc2)c(COc2cccnc2)cc1-c1ccccc1C. The maximum atomic E-state index is 12.8. The number of carbonyl (C=O) groups excluding carboxylic acids is 1. The molecule has 160 valence electrons. The van der Waals surface area contributed by atoms with E-state index in [9.17, 15) is 4.79 Å². The Balaban J connectivity index is 1.82. The first-order valence-corrected chi connectivity index (χ1v) is 10.5. The second-order valence-corrected chi connectivity index (χ2v) is 7.61. The summed E-state index contributed by atoms with van der Waals surface area (Å²) >= 11 is 0. The van der Waals surface area contributed by atoms with Gasteiger partial charge in [0.25, 0.3) is 0 Å². The highest BCUT2D eigenvalue weighted by Gasteiger charge is 2.19. The molecule has 0 aliphatic rings. The average Bonchev–Trinajstić information content (AvgIpc) is 2.84. The van der Waals surface area contributed by atoms with Crippen molar-refractivity contribution in [2.24, 2.45) is 0 Å². The Morgan fingerprint density at radius 2 is 1.66 bits per heavy atom. The summed E-state index contributed by atoms with van der Waals surface area (Å²) in [5, 5.41) is 0. The van der Waals surface area contributed by atoms with Gasteiger partial charge in [-0.3, -0.25) is 4.98 Å². The van der Waals surface area contributed by atoms with Crippen molar-refractivity contribution in [3.8, 4) is 16.9 Å². The number of nitrogens with zero attached hydrogens (tertiary/aromatic N) is 1. The summed E-state index contributed by atoms with van der Waals surface area (Å²) in [4.78, 5) is 16.9. The molecule has 32 heavy (non-hydrogen) atoms. The summed E-state index contributed by atoms with van der Waals surface area (Å²) in [7, 11) is 1.42. The maximum Gasteiger partial charge on any atom is 0.338 e. The molecule has 1 aromatic heterocycles. The van der Waals surface area contributed by atoms with E-state index < -0.39 is 0 Å². The van der Waals surface area contributed by atoms with E-state index in [1.165, 1.54) is 7.11 Å². The summed E-state index contributed by atoms with van der Waals surface area (Å²) in [6.07, 6.45) is 4.10. The Morgan fingerprint density at radius 1 is 0.875 bits per heavy atom. The van der Waals surface area contributed by atoms with E-state index in [0.29, 0.717) is 24.3 Å². The van der Waals surface area contributed by atoms with Crippen molar-refractivity contribution in [1.82, 2.24) is 4.98 Å². The van der Waals surface area contributed by atoms with Gasteiger partial charge in [0.1, 0.15) is 12.4 Å². The Hall–Kier alpha value is -3.92. The number of hydrogen-bond acceptors (Lipinski definition) is 4. The Bertz CT molecular complexity index is 1200. The zero-order valence-corrected chi connectivity index (χ0v) is 18.2. The third-order valence-corrected chi connectivity index (χ3v) is 5.45. The highest BCUT2D eigenvalue weighted by atomic mass is 16.5. The lowest BCUT2D eigenvalue weighted by atomic mass is 9.89. The lowest BCUT2D eigenvalue weighted by molar-refractivity contribution is 0.0601. The fourth-order valence-electron chi connectivity index (χ4n) is 3.77. The molecule has 0 bridgehead atoms. The van der Waals surface area contributed by atoms with E-state index in [1.54, 1.807) is 12.4 Å². The van der Waals surface area contributed by atoms with Gasteiger partial charge in [-0.25, -0.2) is 4.79 Å². The number of benzene rings is 3. The van der Waals surface area contributed by atoms with Crippen LogP contribution in [0.25, 0.3) is 11.1 Å². The molecule has 4 nitrogen and oxygen atoms in total. The molecule has 0 fully saturated rings. The first-order chi connectivity index (χ1) is 15.7. The van der Waals surface area contributed by atoms with E-state index in [0.717, 1.165) is 33.4 Å². The fraction of sp³-hybridized carbons (Fsp3) is 0.143. The number of pyridine rings is 1. The van der Waals surface area contributed by atoms with E-state index in [4.69, 9.17) is 9.47 Å². The van der Waals surface area contributed by atoms with Gasteiger partial charge in [-0.1, -0.05) is 54.6 Å². The van der Waals surface area contributed by atoms with Gasteiger partial charge in [0, 0.05) is 6.20 Å². The maximum absolute atomic E-state index is 12.8. The second-order valence-electron chi connectivity index (χ2n) is 7.61. The molecular formula is C28H25NO3. The standard InChI is InChI=1S/C28H25NO3/c1-20-9-6-7-13-25(20)26-17-23(19-32-24-12-8-14-29-18-24)22(16-27(26)28(30)31-2)15-21-10-4-3-5-11-21/h3-14,16-18H,15,19H2,1-2H3. The molecular weight excluding hydrogens is 398 g/mol. The molecule has 0 unspecified atom stereocenters. The van der Waals surface area contributed by atoms with Crippen LogP contribution in [0.3, 0.4) is 0 Å². The minimum absolute atomic E-state index is 0.350. The second kappa shape index (κ2) is 9.92. The number of ether oxygens (including phenoxy) is 2. The number of carbonyl (C=O) groups is 1. The van der Waals surface area contributed by atoms with E-state index in [1.807, 2.05) is 67.6 Å². The quantitative estimate of drug-likeness (QED) is 0.341. The van der Waals surface area contributed by atoms with Gasteiger partial charge in [0.15, 0.2) is 0 Å². The molecule has 0 amide bonds. The first kappa shape index (κ1) is 21.3. The molecule has 3 aromatic carbocycles. The lowest BCUT2D eigenvalue weighted by Crippen LogP contribution is -2.09. The van der Waals surface area contributed by atoms with Gasteiger partial charge in [-0.05, 0) is 71.0 Å². The van der Waals surface area contributed by atoms with Crippen LogP contribution in [0.5, 0.6) is 5.75 Å². The molecule has 0 saturated carbocycles. The van der Waals surface area contributed by atoms with Gasteiger partial charge < -0.3 is 9.47 Å². The molecule has 0 N–H and O–H groups in total. The van der Waals surface area contributed by atoms with Gasteiger partial charge in [0.2, 0.25) is 0 Å². The predicted molar refractivity (Wildman–Crippen MR) is 126 cm³/mol. The highest BCUT2D eigenvalue weighted by molar-refractivity contribution is 5.98. The van der Waals surface area contributed by atoms with Crippen molar-refractivity contribution in [1.29, 1.82) is 0 Å². The molecule has 0 radical (unpaired) electrons. The molecule has 0 saturated heterocycles. The van der Waals surface area contributed by atoms with Crippen LogP contribution in [0, 0.1) is 6.92 Å². The third-order valence-electron chi connectivity index (χ3n) is 5.45. The smallest absolute Gasteiger partial charge is 0.338 e. The van der Waals surface area contributed by atoms with Gasteiger partial charge >= 0.3 is 5.97 Å². The van der Waals surface area contributed by atoms with Crippen LogP contribution in [0.4, 0.5) is 0 Å². The first-order valence-electron chi connectivity index (χ1n) is 10.5. The van der Waals surface area contributed by atoms with E-state index in [-0.39, 0.29) is 5.97 Å². The largest absolute Gasteiger partial charge is 0.487 e. The summed E-state index contributed by atoms with van der Waals surface area (Å²) in [6.45, 7) is 2.41. The molecule has 4 rings (SSSR count). The average molecular weight is 424 g/mol. The number of aryl methyl sites for hydroxylation is 1. The van der Waals surface area contributed by atoms with Crippen LogP contribution in [0.15, 0.2) is 91.3 Å². The Labute approximate surface area is 188 Å². The van der Waals surface area contributed by atoms with Crippen LogP contribution in [0.1, 0.15) is 32.6 Å². The predicted octanol–water partition coefficient (Wildman–Crippen LogP) is 6.01.